The Morgan fingerprint density at radius 3 is 2.18 bits per heavy atom. The fourth-order valence-corrected chi connectivity index (χ4v) is 6.35. The summed E-state index contributed by atoms with van der Waals surface area (Å²) in [4.78, 5) is 4.96. The van der Waals surface area contributed by atoms with Crippen LogP contribution in [0.5, 0.6) is 0 Å². The largest absolute Gasteiger partial charge is 0.296 e. The predicted molar refractivity (Wildman–Crippen MR) is 136 cm³/mol. The standard InChI is InChI=1S/C31H22N2/c1-17-18(2)33-30-16-26-20(15-29(30)22-9-5-6-10-25(22)31(33)32-17)14-28-24(26)12-11-23-21-8-4-3-7-19(21)13-27(23)28/h3-12,15-16H,13-14H2,1-2H3. The van der Waals surface area contributed by atoms with Crippen LogP contribution in [0.4, 0.5) is 0 Å². The highest BCUT2D eigenvalue weighted by atomic mass is 15.0. The lowest BCUT2D eigenvalue weighted by atomic mass is 9.96. The van der Waals surface area contributed by atoms with Crippen molar-refractivity contribution in [2.24, 2.45) is 0 Å². The lowest BCUT2D eigenvalue weighted by Crippen LogP contribution is -1.95. The Morgan fingerprint density at radius 2 is 1.33 bits per heavy atom. The average Bonchev–Trinajstić information content (AvgIpc) is 3.49. The van der Waals surface area contributed by atoms with Gasteiger partial charge in [-0.3, -0.25) is 4.40 Å². The molecule has 6 aromatic rings. The SMILES string of the molecule is Cc1nc2c3ccccc3c3cc4c(cc3n2c1C)-c1ccc2c(c1C4)Cc1ccccc1-2. The number of aromatic nitrogens is 2. The molecule has 0 radical (unpaired) electrons. The molecule has 2 heterocycles. The Balaban J connectivity index is 1.46. The molecule has 2 aromatic heterocycles. The van der Waals surface area contributed by atoms with Gasteiger partial charge in [0.2, 0.25) is 0 Å². The second kappa shape index (κ2) is 5.90. The maximum Gasteiger partial charge on any atom is 0.145 e. The van der Waals surface area contributed by atoms with Crippen molar-refractivity contribution < 1.29 is 0 Å². The zero-order chi connectivity index (χ0) is 21.8. The molecule has 0 amide bonds. The van der Waals surface area contributed by atoms with Crippen LogP contribution in [0.25, 0.3) is 49.6 Å². The monoisotopic (exact) mass is 422 g/mol. The van der Waals surface area contributed by atoms with E-state index >= 15 is 0 Å². The molecule has 156 valence electrons. The van der Waals surface area contributed by atoms with E-state index in [0.717, 1.165) is 24.2 Å². The average molecular weight is 423 g/mol. The van der Waals surface area contributed by atoms with Gasteiger partial charge in [0, 0.05) is 16.5 Å². The Bertz CT molecular complexity index is 1830. The van der Waals surface area contributed by atoms with Crippen LogP contribution in [0.15, 0.2) is 72.8 Å². The summed E-state index contributed by atoms with van der Waals surface area (Å²) in [5.74, 6) is 0. The number of rotatable bonds is 0. The zero-order valence-corrected chi connectivity index (χ0v) is 18.7. The van der Waals surface area contributed by atoms with Crippen LogP contribution in [0.3, 0.4) is 0 Å². The number of hydrogen-bond donors (Lipinski definition) is 0. The van der Waals surface area contributed by atoms with Gasteiger partial charge < -0.3 is 0 Å². The summed E-state index contributed by atoms with van der Waals surface area (Å²) in [6.45, 7) is 4.31. The molecule has 0 atom stereocenters. The maximum absolute atomic E-state index is 4.96. The van der Waals surface area contributed by atoms with Crippen LogP contribution in [-0.4, -0.2) is 9.38 Å². The molecule has 0 saturated carbocycles. The Kier molecular flexibility index (Phi) is 3.15. The highest BCUT2D eigenvalue weighted by Gasteiger charge is 2.28. The summed E-state index contributed by atoms with van der Waals surface area (Å²) in [6.07, 6.45) is 2.07. The summed E-state index contributed by atoms with van der Waals surface area (Å²) >= 11 is 0. The normalized spacial score (nSPS) is 13.5. The van der Waals surface area contributed by atoms with E-state index < -0.39 is 0 Å². The molecule has 33 heavy (non-hydrogen) atoms. The van der Waals surface area contributed by atoms with Crippen molar-refractivity contribution in [3.63, 3.8) is 0 Å². The minimum Gasteiger partial charge on any atom is -0.296 e. The zero-order valence-electron chi connectivity index (χ0n) is 18.7. The number of hydrogen-bond acceptors (Lipinski definition) is 1. The summed E-state index contributed by atoms with van der Waals surface area (Å²) in [6, 6.07) is 27.2. The molecule has 0 spiro atoms. The number of aryl methyl sites for hydroxylation is 2. The molecule has 2 aliphatic carbocycles. The first-order chi connectivity index (χ1) is 16.2. The van der Waals surface area contributed by atoms with E-state index in [1.54, 1.807) is 0 Å². The summed E-state index contributed by atoms with van der Waals surface area (Å²) in [5, 5.41) is 3.85. The van der Waals surface area contributed by atoms with Crippen LogP contribution in [-0.2, 0) is 12.8 Å². The van der Waals surface area contributed by atoms with Crippen molar-refractivity contribution >= 4 is 27.3 Å². The fourth-order valence-electron chi connectivity index (χ4n) is 6.35. The highest BCUT2D eigenvalue weighted by molar-refractivity contribution is 6.13. The molecule has 0 fully saturated rings. The Hall–Kier alpha value is -3.91. The molecule has 8 rings (SSSR count). The van der Waals surface area contributed by atoms with Gasteiger partial charge in [-0.15, -0.1) is 0 Å². The molecular formula is C31H22N2. The van der Waals surface area contributed by atoms with Crippen molar-refractivity contribution in [3.05, 3.63) is 106 Å². The lowest BCUT2D eigenvalue weighted by molar-refractivity contribution is 1.14. The van der Waals surface area contributed by atoms with Crippen molar-refractivity contribution in [2.75, 3.05) is 0 Å². The van der Waals surface area contributed by atoms with Gasteiger partial charge in [-0.05, 0) is 88.7 Å². The van der Waals surface area contributed by atoms with Gasteiger partial charge in [-0.2, -0.15) is 0 Å². The Labute approximate surface area is 192 Å². The highest BCUT2D eigenvalue weighted by Crippen LogP contribution is 2.47. The number of fused-ring (bicyclic) bond motifs is 13. The molecule has 0 saturated heterocycles. The van der Waals surface area contributed by atoms with Crippen molar-refractivity contribution in [3.8, 4) is 22.3 Å². The first kappa shape index (κ1) is 17.6. The van der Waals surface area contributed by atoms with E-state index in [0.29, 0.717) is 0 Å². The van der Waals surface area contributed by atoms with E-state index in [2.05, 4.69) is 91.0 Å². The molecule has 0 bridgehead atoms. The van der Waals surface area contributed by atoms with Crippen LogP contribution >= 0.6 is 0 Å². The van der Waals surface area contributed by atoms with Gasteiger partial charge in [-0.1, -0.05) is 60.7 Å². The first-order valence-electron chi connectivity index (χ1n) is 11.8. The van der Waals surface area contributed by atoms with Crippen molar-refractivity contribution in [1.82, 2.24) is 9.38 Å². The van der Waals surface area contributed by atoms with E-state index in [9.17, 15) is 0 Å². The number of nitrogens with zero attached hydrogens (tertiary/aromatic N) is 2. The van der Waals surface area contributed by atoms with Gasteiger partial charge in [0.15, 0.2) is 0 Å². The molecule has 0 aliphatic heterocycles. The number of pyridine rings is 1. The molecule has 2 aliphatic rings. The van der Waals surface area contributed by atoms with Crippen LogP contribution in [0, 0.1) is 13.8 Å². The molecule has 2 heteroatoms. The summed E-state index contributed by atoms with van der Waals surface area (Å²) in [7, 11) is 0. The number of imidazole rings is 1. The van der Waals surface area contributed by atoms with Gasteiger partial charge >= 0.3 is 0 Å². The smallest absolute Gasteiger partial charge is 0.145 e. The van der Waals surface area contributed by atoms with Gasteiger partial charge in [0.1, 0.15) is 5.65 Å². The van der Waals surface area contributed by atoms with Gasteiger partial charge in [0.05, 0.1) is 11.2 Å². The van der Waals surface area contributed by atoms with E-state index in [1.807, 2.05) is 0 Å². The summed E-state index contributed by atoms with van der Waals surface area (Å²) in [5.41, 5.74) is 16.2. The molecule has 4 aromatic carbocycles. The van der Waals surface area contributed by atoms with E-state index in [-0.39, 0.29) is 0 Å². The number of benzene rings is 4. The predicted octanol–water partition coefficient (Wildman–Crippen LogP) is 7.40. The van der Waals surface area contributed by atoms with Crippen molar-refractivity contribution in [2.45, 2.75) is 26.7 Å². The van der Waals surface area contributed by atoms with E-state index in [1.165, 1.54) is 71.9 Å². The minimum absolute atomic E-state index is 1.02. The van der Waals surface area contributed by atoms with Crippen LogP contribution in [0.2, 0.25) is 0 Å². The molecule has 2 nitrogen and oxygen atoms in total. The first-order valence-corrected chi connectivity index (χ1v) is 11.8. The Morgan fingerprint density at radius 1 is 0.636 bits per heavy atom. The van der Waals surface area contributed by atoms with Crippen LogP contribution in [0.1, 0.15) is 33.6 Å². The quantitative estimate of drug-likeness (QED) is 0.233. The van der Waals surface area contributed by atoms with E-state index in [4.69, 9.17) is 4.98 Å². The minimum atomic E-state index is 1.02. The summed E-state index contributed by atoms with van der Waals surface area (Å²) < 4.78 is 2.37. The molecule has 0 unspecified atom stereocenters. The lowest BCUT2D eigenvalue weighted by Gasteiger charge is -2.12. The molecule has 0 N–H and O–H groups in total. The fraction of sp³-hybridized carbons (Fsp3) is 0.129. The second-order valence-corrected chi connectivity index (χ2v) is 9.64. The third-order valence-corrected chi connectivity index (χ3v) is 8.03. The molecular weight excluding hydrogens is 400 g/mol. The van der Waals surface area contributed by atoms with Gasteiger partial charge in [-0.25, -0.2) is 4.98 Å². The third-order valence-electron chi connectivity index (χ3n) is 8.03. The third kappa shape index (κ3) is 2.11. The topological polar surface area (TPSA) is 17.3 Å². The van der Waals surface area contributed by atoms with Crippen molar-refractivity contribution in [1.29, 1.82) is 0 Å². The van der Waals surface area contributed by atoms with Gasteiger partial charge in [0.25, 0.3) is 0 Å². The van der Waals surface area contributed by atoms with Crippen LogP contribution < -0.4 is 0 Å². The second-order valence-electron chi connectivity index (χ2n) is 9.64. The maximum atomic E-state index is 4.96.